The SMILES string of the molecule is COCc1c(Br)cccc1NCc1ccc(Br)c(Cl)c1. The van der Waals surface area contributed by atoms with E-state index in [1.54, 1.807) is 7.11 Å². The van der Waals surface area contributed by atoms with Gasteiger partial charge in [0.15, 0.2) is 0 Å². The fraction of sp³-hybridized carbons (Fsp3) is 0.200. The molecule has 0 spiro atoms. The Labute approximate surface area is 140 Å². The molecule has 0 bridgehead atoms. The van der Waals surface area contributed by atoms with Crippen LogP contribution in [-0.4, -0.2) is 7.11 Å². The number of hydrogen-bond acceptors (Lipinski definition) is 2. The standard InChI is InChI=1S/C15H14Br2ClNO/c1-20-9-11-12(16)3-2-4-15(11)19-8-10-5-6-13(17)14(18)7-10/h2-7,19H,8-9H2,1H3. The molecule has 5 heteroatoms. The van der Waals surface area contributed by atoms with Crippen LogP contribution in [0.3, 0.4) is 0 Å². The van der Waals surface area contributed by atoms with Crippen molar-refractivity contribution >= 4 is 49.1 Å². The van der Waals surface area contributed by atoms with Gasteiger partial charge in [-0.25, -0.2) is 0 Å². The predicted octanol–water partition coefficient (Wildman–Crippen LogP) is 5.62. The number of anilines is 1. The molecule has 20 heavy (non-hydrogen) atoms. The van der Waals surface area contributed by atoms with Crippen molar-refractivity contribution in [1.82, 2.24) is 0 Å². The Morgan fingerprint density at radius 3 is 2.65 bits per heavy atom. The van der Waals surface area contributed by atoms with Crippen molar-refractivity contribution in [3.05, 3.63) is 61.5 Å². The van der Waals surface area contributed by atoms with Crippen molar-refractivity contribution < 1.29 is 4.74 Å². The Bertz CT molecular complexity index is 604. The molecule has 1 N–H and O–H groups in total. The van der Waals surface area contributed by atoms with Crippen LogP contribution in [0.4, 0.5) is 5.69 Å². The molecule has 0 aliphatic heterocycles. The van der Waals surface area contributed by atoms with Gasteiger partial charge in [-0.3, -0.25) is 0 Å². The van der Waals surface area contributed by atoms with E-state index in [1.165, 1.54) is 0 Å². The van der Waals surface area contributed by atoms with E-state index < -0.39 is 0 Å². The third-order valence-corrected chi connectivity index (χ3v) is 4.85. The van der Waals surface area contributed by atoms with E-state index in [-0.39, 0.29) is 0 Å². The second kappa shape index (κ2) is 7.46. The van der Waals surface area contributed by atoms with Crippen LogP contribution >= 0.6 is 43.5 Å². The molecule has 106 valence electrons. The number of nitrogens with one attached hydrogen (secondary N) is 1. The highest BCUT2D eigenvalue weighted by molar-refractivity contribution is 9.10. The van der Waals surface area contributed by atoms with E-state index in [4.69, 9.17) is 16.3 Å². The number of ether oxygens (including phenoxy) is 1. The predicted molar refractivity (Wildman–Crippen MR) is 91.3 cm³/mol. The number of benzene rings is 2. The van der Waals surface area contributed by atoms with Crippen molar-refractivity contribution in [3.63, 3.8) is 0 Å². The monoisotopic (exact) mass is 417 g/mol. The van der Waals surface area contributed by atoms with Crippen molar-refractivity contribution in [2.45, 2.75) is 13.2 Å². The van der Waals surface area contributed by atoms with Crippen LogP contribution in [-0.2, 0) is 17.9 Å². The third kappa shape index (κ3) is 3.98. The number of hydrogen-bond donors (Lipinski definition) is 1. The van der Waals surface area contributed by atoms with E-state index in [2.05, 4.69) is 37.2 Å². The first-order valence-corrected chi connectivity index (χ1v) is 8.02. The lowest BCUT2D eigenvalue weighted by Gasteiger charge is -2.13. The van der Waals surface area contributed by atoms with Gasteiger partial charge >= 0.3 is 0 Å². The molecule has 0 saturated heterocycles. The summed E-state index contributed by atoms with van der Waals surface area (Å²) in [5, 5.41) is 4.14. The van der Waals surface area contributed by atoms with Crippen molar-refractivity contribution in [1.29, 1.82) is 0 Å². The maximum absolute atomic E-state index is 6.10. The molecule has 0 radical (unpaired) electrons. The molecule has 2 nitrogen and oxygen atoms in total. The summed E-state index contributed by atoms with van der Waals surface area (Å²) < 4.78 is 7.19. The highest BCUT2D eigenvalue weighted by Crippen LogP contribution is 2.27. The minimum Gasteiger partial charge on any atom is -0.381 e. The van der Waals surface area contributed by atoms with Crippen LogP contribution in [0.25, 0.3) is 0 Å². The number of rotatable bonds is 5. The van der Waals surface area contributed by atoms with E-state index in [0.717, 1.165) is 30.8 Å². The molecule has 0 amide bonds. The number of methoxy groups -OCH3 is 1. The summed E-state index contributed by atoms with van der Waals surface area (Å²) in [7, 11) is 1.69. The summed E-state index contributed by atoms with van der Waals surface area (Å²) in [5.41, 5.74) is 3.29. The van der Waals surface area contributed by atoms with Gasteiger partial charge in [0.05, 0.1) is 11.6 Å². The van der Waals surface area contributed by atoms with Gasteiger partial charge in [-0.2, -0.15) is 0 Å². The maximum Gasteiger partial charge on any atom is 0.0744 e. The summed E-state index contributed by atoms with van der Waals surface area (Å²) in [5.74, 6) is 0. The van der Waals surface area contributed by atoms with Crippen LogP contribution in [0.2, 0.25) is 5.02 Å². The molecule has 2 aromatic carbocycles. The molecule has 0 atom stereocenters. The Morgan fingerprint density at radius 2 is 1.95 bits per heavy atom. The topological polar surface area (TPSA) is 21.3 Å². The second-order valence-electron chi connectivity index (χ2n) is 4.30. The highest BCUT2D eigenvalue weighted by Gasteiger charge is 2.06. The first-order chi connectivity index (χ1) is 9.61. The Balaban J connectivity index is 2.14. The maximum atomic E-state index is 6.10. The van der Waals surface area contributed by atoms with Crippen molar-refractivity contribution in [2.24, 2.45) is 0 Å². The quantitative estimate of drug-likeness (QED) is 0.679. The molecular formula is C15H14Br2ClNO. The smallest absolute Gasteiger partial charge is 0.0744 e. The Kier molecular flexibility index (Phi) is 5.90. The summed E-state index contributed by atoms with van der Waals surface area (Å²) in [6, 6.07) is 12.0. The van der Waals surface area contributed by atoms with Gasteiger partial charge in [0, 0.05) is 33.9 Å². The molecule has 0 heterocycles. The second-order valence-corrected chi connectivity index (χ2v) is 6.42. The zero-order valence-corrected chi connectivity index (χ0v) is 14.8. The summed E-state index contributed by atoms with van der Waals surface area (Å²) in [6.45, 7) is 1.27. The third-order valence-electron chi connectivity index (χ3n) is 2.87. The zero-order chi connectivity index (χ0) is 14.5. The van der Waals surface area contributed by atoms with Crippen LogP contribution < -0.4 is 5.32 Å². The van der Waals surface area contributed by atoms with Crippen LogP contribution in [0.1, 0.15) is 11.1 Å². The molecule has 0 saturated carbocycles. The van der Waals surface area contributed by atoms with Crippen molar-refractivity contribution in [3.8, 4) is 0 Å². The average molecular weight is 420 g/mol. The molecule has 0 aliphatic carbocycles. The molecule has 0 aliphatic rings. The van der Waals surface area contributed by atoms with Gasteiger partial charge in [0.2, 0.25) is 0 Å². The Hall–Kier alpha value is -0.550. The highest BCUT2D eigenvalue weighted by atomic mass is 79.9. The van der Waals surface area contributed by atoms with Gasteiger partial charge in [-0.1, -0.05) is 39.7 Å². The average Bonchev–Trinajstić information content (AvgIpc) is 2.43. The first-order valence-electron chi connectivity index (χ1n) is 6.06. The van der Waals surface area contributed by atoms with Gasteiger partial charge in [-0.05, 0) is 45.8 Å². The number of halogens is 3. The minimum atomic E-state index is 0.560. The van der Waals surface area contributed by atoms with E-state index in [1.807, 2.05) is 36.4 Å². The lowest BCUT2D eigenvalue weighted by atomic mass is 10.1. The lowest BCUT2D eigenvalue weighted by Crippen LogP contribution is -2.03. The largest absolute Gasteiger partial charge is 0.381 e. The molecule has 0 unspecified atom stereocenters. The van der Waals surface area contributed by atoms with Crippen LogP contribution in [0.5, 0.6) is 0 Å². The molecule has 0 fully saturated rings. The fourth-order valence-corrected chi connectivity index (χ4v) is 2.79. The van der Waals surface area contributed by atoms with Gasteiger partial charge in [0.25, 0.3) is 0 Å². The minimum absolute atomic E-state index is 0.560. The Morgan fingerprint density at radius 1 is 1.15 bits per heavy atom. The fourth-order valence-electron chi connectivity index (χ4n) is 1.86. The molecule has 2 rings (SSSR count). The van der Waals surface area contributed by atoms with E-state index in [0.29, 0.717) is 13.2 Å². The van der Waals surface area contributed by atoms with Crippen molar-refractivity contribution in [2.75, 3.05) is 12.4 Å². The molecule has 2 aromatic rings. The summed E-state index contributed by atoms with van der Waals surface area (Å²) in [4.78, 5) is 0. The van der Waals surface area contributed by atoms with Gasteiger partial charge in [0.1, 0.15) is 0 Å². The summed E-state index contributed by atoms with van der Waals surface area (Å²) >= 11 is 13.0. The molecule has 0 aromatic heterocycles. The van der Waals surface area contributed by atoms with Crippen LogP contribution in [0, 0.1) is 0 Å². The molecular weight excluding hydrogens is 405 g/mol. The van der Waals surface area contributed by atoms with E-state index >= 15 is 0 Å². The normalized spacial score (nSPS) is 10.6. The lowest BCUT2D eigenvalue weighted by molar-refractivity contribution is 0.185. The summed E-state index contributed by atoms with van der Waals surface area (Å²) in [6.07, 6.45) is 0. The van der Waals surface area contributed by atoms with Gasteiger partial charge < -0.3 is 10.1 Å². The van der Waals surface area contributed by atoms with E-state index in [9.17, 15) is 0 Å². The van der Waals surface area contributed by atoms with Crippen LogP contribution in [0.15, 0.2) is 45.3 Å². The first kappa shape index (κ1) is 15.8. The van der Waals surface area contributed by atoms with Gasteiger partial charge in [-0.15, -0.1) is 0 Å². The zero-order valence-electron chi connectivity index (χ0n) is 10.9.